The highest BCUT2D eigenvalue weighted by molar-refractivity contribution is 6.30. The van der Waals surface area contributed by atoms with Crippen molar-refractivity contribution in [1.29, 1.82) is 0 Å². The lowest BCUT2D eigenvalue weighted by Gasteiger charge is -2.07. The second-order valence-electron chi connectivity index (χ2n) is 4.99. The van der Waals surface area contributed by atoms with E-state index in [4.69, 9.17) is 11.6 Å². The molecule has 0 aliphatic heterocycles. The molecule has 0 saturated carbocycles. The summed E-state index contributed by atoms with van der Waals surface area (Å²) >= 11 is 5.92. The highest BCUT2D eigenvalue weighted by Gasteiger charge is 2.13. The molecule has 3 aromatic rings. The first-order valence-corrected chi connectivity index (χ1v) is 7.30. The minimum absolute atomic E-state index is 0.225. The van der Waals surface area contributed by atoms with Crippen LogP contribution in [0.1, 0.15) is 6.92 Å². The number of carbonyl (C=O) groups is 1. The van der Waals surface area contributed by atoms with Crippen LogP contribution >= 0.6 is 11.6 Å². The molecule has 23 heavy (non-hydrogen) atoms. The van der Waals surface area contributed by atoms with Crippen LogP contribution in [0.15, 0.2) is 54.6 Å². The molecular weight excluding hydrogens is 317 g/mol. The largest absolute Gasteiger partial charge is 0.309 e. The number of hydrogen-bond donors (Lipinski definition) is 1. The van der Waals surface area contributed by atoms with Gasteiger partial charge in [-0.3, -0.25) is 4.79 Å². The zero-order valence-electron chi connectivity index (χ0n) is 12.3. The standard InChI is InChI=1S/C17H13ClFN3O/c1-11(23)20-17-10-16(12-5-7-13(18)8-6-12)22(21-17)15-4-2-3-14(19)9-15/h2-10H,1H3,(H,20,21,23). The summed E-state index contributed by atoms with van der Waals surface area (Å²) in [7, 11) is 0. The molecule has 0 atom stereocenters. The van der Waals surface area contributed by atoms with Crippen molar-refractivity contribution in [2.75, 3.05) is 5.32 Å². The maximum atomic E-state index is 13.5. The van der Waals surface area contributed by atoms with Gasteiger partial charge in [0.05, 0.1) is 11.4 Å². The van der Waals surface area contributed by atoms with E-state index < -0.39 is 0 Å². The Hall–Kier alpha value is -2.66. The summed E-state index contributed by atoms with van der Waals surface area (Å²) in [5.74, 6) is -0.190. The van der Waals surface area contributed by atoms with Crippen molar-refractivity contribution in [3.8, 4) is 16.9 Å². The van der Waals surface area contributed by atoms with Crippen LogP contribution < -0.4 is 5.32 Å². The summed E-state index contributed by atoms with van der Waals surface area (Å²) in [6.07, 6.45) is 0. The number of amides is 1. The van der Waals surface area contributed by atoms with Crippen molar-refractivity contribution in [2.45, 2.75) is 6.92 Å². The fraction of sp³-hybridized carbons (Fsp3) is 0.0588. The zero-order chi connectivity index (χ0) is 16.4. The Morgan fingerprint density at radius 3 is 2.57 bits per heavy atom. The Morgan fingerprint density at radius 2 is 1.91 bits per heavy atom. The third-order valence-electron chi connectivity index (χ3n) is 3.21. The molecule has 0 aliphatic carbocycles. The van der Waals surface area contributed by atoms with E-state index in [0.29, 0.717) is 16.5 Å². The number of aromatic nitrogens is 2. The van der Waals surface area contributed by atoms with Gasteiger partial charge in [0.1, 0.15) is 5.82 Å². The molecule has 0 radical (unpaired) electrons. The summed E-state index contributed by atoms with van der Waals surface area (Å²) < 4.78 is 15.1. The monoisotopic (exact) mass is 329 g/mol. The van der Waals surface area contributed by atoms with Crippen molar-refractivity contribution in [3.63, 3.8) is 0 Å². The van der Waals surface area contributed by atoms with Crippen LogP contribution in [0.3, 0.4) is 0 Å². The minimum Gasteiger partial charge on any atom is -0.309 e. The van der Waals surface area contributed by atoms with Gasteiger partial charge in [-0.1, -0.05) is 29.8 Å². The molecule has 0 fully saturated rings. The first-order valence-electron chi connectivity index (χ1n) is 6.92. The minimum atomic E-state index is -0.360. The first kappa shape index (κ1) is 15.2. The number of rotatable bonds is 3. The summed E-state index contributed by atoms with van der Waals surface area (Å²) in [6, 6.07) is 15.0. The predicted octanol–water partition coefficient (Wildman–Crippen LogP) is 4.29. The number of halogens is 2. The summed E-state index contributed by atoms with van der Waals surface area (Å²) in [5.41, 5.74) is 2.13. The van der Waals surface area contributed by atoms with Gasteiger partial charge in [0, 0.05) is 23.6 Å². The Labute approximate surface area is 137 Å². The first-order chi connectivity index (χ1) is 11.0. The Bertz CT molecular complexity index is 859. The fourth-order valence-corrected chi connectivity index (χ4v) is 2.38. The van der Waals surface area contributed by atoms with E-state index in [2.05, 4.69) is 10.4 Å². The van der Waals surface area contributed by atoms with Crippen molar-refractivity contribution in [3.05, 3.63) is 65.4 Å². The molecule has 1 heterocycles. The average molecular weight is 330 g/mol. The summed E-state index contributed by atoms with van der Waals surface area (Å²) in [5, 5.41) is 7.60. The van der Waals surface area contributed by atoms with Gasteiger partial charge < -0.3 is 5.32 Å². The molecule has 1 aromatic heterocycles. The maximum absolute atomic E-state index is 13.5. The van der Waals surface area contributed by atoms with E-state index in [9.17, 15) is 9.18 Å². The lowest BCUT2D eigenvalue weighted by molar-refractivity contribution is -0.114. The number of nitrogens with zero attached hydrogens (tertiary/aromatic N) is 2. The van der Waals surface area contributed by atoms with Crippen molar-refractivity contribution < 1.29 is 9.18 Å². The van der Waals surface area contributed by atoms with Crippen LogP contribution in [0.5, 0.6) is 0 Å². The van der Waals surface area contributed by atoms with Crippen molar-refractivity contribution >= 4 is 23.3 Å². The Morgan fingerprint density at radius 1 is 1.17 bits per heavy atom. The van der Waals surface area contributed by atoms with Crippen molar-refractivity contribution in [2.24, 2.45) is 0 Å². The smallest absolute Gasteiger partial charge is 0.222 e. The van der Waals surface area contributed by atoms with Gasteiger partial charge in [0.2, 0.25) is 5.91 Å². The number of anilines is 1. The van der Waals surface area contributed by atoms with Gasteiger partial charge in [-0.15, -0.1) is 5.10 Å². The van der Waals surface area contributed by atoms with E-state index in [1.165, 1.54) is 19.1 Å². The van der Waals surface area contributed by atoms with Crippen LogP contribution in [0, 0.1) is 5.82 Å². The molecule has 4 nitrogen and oxygen atoms in total. The maximum Gasteiger partial charge on any atom is 0.222 e. The van der Waals surface area contributed by atoms with Gasteiger partial charge in [0.15, 0.2) is 5.82 Å². The van der Waals surface area contributed by atoms with Crippen LogP contribution in [0.4, 0.5) is 10.2 Å². The van der Waals surface area contributed by atoms with E-state index in [0.717, 1.165) is 11.3 Å². The lowest BCUT2D eigenvalue weighted by atomic mass is 10.1. The fourth-order valence-electron chi connectivity index (χ4n) is 2.25. The molecular formula is C17H13ClFN3O. The molecule has 116 valence electrons. The van der Waals surface area contributed by atoms with Crippen LogP contribution in [-0.2, 0) is 4.79 Å². The molecule has 2 aromatic carbocycles. The van der Waals surface area contributed by atoms with Crippen molar-refractivity contribution in [1.82, 2.24) is 9.78 Å². The van der Waals surface area contributed by atoms with E-state index in [-0.39, 0.29) is 11.7 Å². The van der Waals surface area contributed by atoms with Crippen LogP contribution in [0.25, 0.3) is 16.9 Å². The number of nitrogens with one attached hydrogen (secondary N) is 1. The van der Waals surface area contributed by atoms with Crippen LogP contribution in [0.2, 0.25) is 5.02 Å². The van der Waals surface area contributed by atoms with Gasteiger partial charge in [-0.05, 0) is 30.3 Å². The van der Waals surface area contributed by atoms with Gasteiger partial charge in [-0.2, -0.15) is 0 Å². The number of benzene rings is 2. The topological polar surface area (TPSA) is 46.9 Å². The normalized spacial score (nSPS) is 10.6. The quantitative estimate of drug-likeness (QED) is 0.779. The molecule has 6 heteroatoms. The molecule has 0 spiro atoms. The second kappa shape index (κ2) is 6.22. The third-order valence-corrected chi connectivity index (χ3v) is 3.46. The zero-order valence-corrected chi connectivity index (χ0v) is 13.0. The molecule has 0 aliphatic rings. The van der Waals surface area contributed by atoms with E-state index in [1.54, 1.807) is 35.0 Å². The Kier molecular flexibility index (Phi) is 4.12. The molecule has 0 saturated heterocycles. The van der Waals surface area contributed by atoms with Gasteiger partial charge >= 0.3 is 0 Å². The van der Waals surface area contributed by atoms with Gasteiger partial charge in [0.25, 0.3) is 0 Å². The Balaban J connectivity index is 2.14. The number of hydrogen-bond acceptors (Lipinski definition) is 2. The van der Waals surface area contributed by atoms with E-state index >= 15 is 0 Å². The molecule has 1 N–H and O–H groups in total. The molecule has 1 amide bonds. The molecule has 0 bridgehead atoms. The summed E-state index contributed by atoms with van der Waals surface area (Å²) in [4.78, 5) is 11.3. The SMILES string of the molecule is CC(=O)Nc1cc(-c2ccc(Cl)cc2)n(-c2cccc(F)c2)n1. The highest BCUT2D eigenvalue weighted by atomic mass is 35.5. The second-order valence-corrected chi connectivity index (χ2v) is 5.43. The van der Waals surface area contributed by atoms with Gasteiger partial charge in [-0.25, -0.2) is 9.07 Å². The predicted molar refractivity (Wildman–Crippen MR) is 88.3 cm³/mol. The van der Waals surface area contributed by atoms with Crippen LogP contribution in [-0.4, -0.2) is 15.7 Å². The summed E-state index contributed by atoms with van der Waals surface area (Å²) in [6.45, 7) is 1.41. The number of carbonyl (C=O) groups excluding carboxylic acids is 1. The lowest BCUT2D eigenvalue weighted by Crippen LogP contribution is -2.07. The molecule has 0 unspecified atom stereocenters. The highest BCUT2D eigenvalue weighted by Crippen LogP contribution is 2.27. The van der Waals surface area contributed by atoms with E-state index in [1.807, 2.05) is 12.1 Å². The molecule has 3 rings (SSSR count). The average Bonchev–Trinajstić information content (AvgIpc) is 2.91. The third kappa shape index (κ3) is 3.40.